The number of hydrogen-bond acceptors (Lipinski definition) is 3. The summed E-state index contributed by atoms with van der Waals surface area (Å²) in [6.07, 6.45) is 0. The van der Waals surface area contributed by atoms with E-state index in [2.05, 4.69) is 5.32 Å². The Morgan fingerprint density at radius 2 is 2.00 bits per heavy atom. The average Bonchev–Trinajstić information content (AvgIpc) is 2.48. The molecule has 0 aliphatic heterocycles. The van der Waals surface area contributed by atoms with Crippen LogP contribution < -0.4 is 10.1 Å². The van der Waals surface area contributed by atoms with Crippen LogP contribution in [-0.2, 0) is 23.1 Å². The fraction of sp³-hybridized carbons (Fsp3) is 0.250. The summed E-state index contributed by atoms with van der Waals surface area (Å²) in [6, 6.07) is 11.9. The van der Waals surface area contributed by atoms with E-state index in [-0.39, 0.29) is 10.6 Å². The highest BCUT2D eigenvalue weighted by molar-refractivity contribution is 7.84. The first kappa shape index (κ1) is 15.7. The summed E-state index contributed by atoms with van der Waals surface area (Å²) in [7, 11) is 1.99. The van der Waals surface area contributed by atoms with Crippen molar-refractivity contribution in [1.29, 1.82) is 0 Å². The Morgan fingerprint density at radius 3 is 2.67 bits per heavy atom. The number of rotatable bonds is 6. The largest absolute Gasteiger partial charge is 0.496 e. The second-order valence-electron chi connectivity index (χ2n) is 4.60. The van der Waals surface area contributed by atoms with Gasteiger partial charge in [0.25, 0.3) is 0 Å². The summed E-state index contributed by atoms with van der Waals surface area (Å²) in [5.41, 5.74) is 1.88. The van der Waals surface area contributed by atoms with E-state index in [0.717, 1.165) is 11.1 Å². The van der Waals surface area contributed by atoms with Crippen LogP contribution in [0.4, 0.5) is 4.39 Å². The van der Waals surface area contributed by atoms with Gasteiger partial charge in [0, 0.05) is 12.1 Å². The number of ether oxygens (including phenoxy) is 1. The van der Waals surface area contributed by atoms with Crippen LogP contribution >= 0.6 is 0 Å². The van der Waals surface area contributed by atoms with Gasteiger partial charge in [0.1, 0.15) is 11.6 Å². The minimum atomic E-state index is -1.45. The number of nitrogens with one attached hydrogen (secondary N) is 1. The molecule has 0 aliphatic rings. The minimum absolute atomic E-state index is 0.221. The summed E-state index contributed by atoms with van der Waals surface area (Å²) in [5.74, 6) is 0.447. The highest BCUT2D eigenvalue weighted by Gasteiger charge is 2.13. The van der Waals surface area contributed by atoms with Gasteiger partial charge in [-0.2, -0.15) is 0 Å². The molecule has 0 amide bonds. The third-order valence-corrected chi connectivity index (χ3v) is 4.49. The van der Waals surface area contributed by atoms with Crippen LogP contribution in [0.2, 0.25) is 0 Å². The van der Waals surface area contributed by atoms with E-state index in [4.69, 9.17) is 4.74 Å². The highest BCUT2D eigenvalue weighted by atomic mass is 32.2. The van der Waals surface area contributed by atoms with Crippen molar-refractivity contribution in [1.82, 2.24) is 5.32 Å². The van der Waals surface area contributed by atoms with Gasteiger partial charge >= 0.3 is 0 Å². The summed E-state index contributed by atoms with van der Waals surface area (Å²) in [6.45, 7) is 0.712. The maximum Gasteiger partial charge on any atom is 0.139 e. The fourth-order valence-electron chi connectivity index (χ4n) is 2.11. The molecular weight excluding hydrogens is 289 g/mol. The molecule has 0 bridgehead atoms. The summed E-state index contributed by atoms with van der Waals surface area (Å²) in [5, 5.41) is 3.07. The van der Waals surface area contributed by atoms with E-state index in [9.17, 15) is 8.60 Å². The average molecular weight is 307 g/mol. The third kappa shape index (κ3) is 3.89. The Labute approximate surface area is 126 Å². The van der Waals surface area contributed by atoms with Crippen molar-refractivity contribution in [2.75, 3.05) is 14.2 Å². The van der Waals surface area contributed by atoms with Crippen LogP contribution in [0.5, 0.6) is 5.75 Å². The number of hydrogen-bond donors (Lipinski definition) is 1. The summed E-state index contributed by atoms with van der Waals surface area (Å²) >= 11 is 0. The molecule has 0 saturated heterocycles. The van der Waals surface area contributed by atoms with E-state index in [1.807, 2.05) is 25.2 Å². The molecule has 2 rings (SSSR count). The lowest BCUT2D eigenvalue weighted by Crippen LogP contribution is -2.07. The molecule has 0 saturated carbocycles. The van der Waals surface area contributed by atoms with Crippen LogP contribution in [0.1, 0.15) is 11.1 Å². The molecule has 0 spiro atoms. The van der Waals surface area contributed by atoms with Crippen molar-refractivity contribution < 1.29 is 13.3 Å². The molecule has 21 heavy (non-hydrogen) atoms. The van der Waals surface area contributed by atoms with Crippen LogP contribution in [0.15, 0.2) is 47.4 Å². The van der Waals surface area contributed by atoms with E-state index in [1.54, 1.807) is 25.3 Å². The highest BCUT2D eigenvalue weighted by Crippen LogP contribution is 2.24. The smallest absolute Gasteiger partial charge is 0.139 e. The summed E-state index contributed by atoms with van der Waals surface area (Å²) < 4.78 is 31.4. The van der Waals surface area contributed by atoms with Crippen molar-refractivity contribution in [3.05, 3.63) is 59.4 Å². The van der Waals surface area contributed by atoms with Crippen LogP contribution in [0.25, 0.3) is 0 Å². The van der Waals surface area contributed by atoms with Crippen LogP contribution in [0, 0.1) is 5.82 Å². The maximum absolute atomic E-state index is 13.7. The second kappa shape index (κ2) is 7.33. The van der Waals surface area contributed by atoms with Gasteiger partial charge in [-0.05, 0) is 36.9 Å². The number of halogens is 1. The van der Waals surface area contributed by atoms with Crippen molar-refractivity contribution in [2.45, 2.75) is 17.2 Å². The van der Waals surface area contributed by atoms with Crippen molar-refractivity contribution in [2.24, 2.45) is 0 Å². The van der Waals surface area contributed by atoms with Gasteiger partial charge in [0.15, 0.2) is 0 Å². The van der Waals surface area contributed by atoms with Crippen molar-refractivity contribution in [3.63, 3.8) is 0 Å². The van der Waals surface area contributed by atoms with Gasteiger partial charge in [0.05, 0.1) is 28.6 Å². The molecule has 3 nitrogen and oxygen atoms in total. The number of benzene rings is 2. The van der Waals surface area contributed by atoms with E-state index < -0.39 is 16.6 Å². The molecule has 112 valence electrons. The van der Waals surface area contributed by atoms with Crippen LogP contribution in [0.3, 0.4) is 0 Å². The lowest BCUT2D eigenvalue weighted by molar-refractivity contribution is 0.411. The van der Waals surface area contributed by atoms with E-state index in [0.29, 0.717) is 12.3 Å². The lowest BCUT2D eigenvalue weighted by atomic mass is 10.1. The molecule has 2 aromatic rings. The Bertz CT molecular complexity index is 646. The molecular formula is C16H18FNO2S. The fourth-order valence-corrected chi connectivity index (χ4v) is 3.29. The molecule has 0 radical (unpaired) electrons. The van der Waals surface area contributed by atoms with Gasteiger partial charge in [-0.15, -0.1) is 0 Å². The quantitative estimate of drug-likeness (QED) is 0.892. The van der Waals surface area contributed by atoms with Crippen LogP contribution in [-0.4, -0.2) is 18.4 Å². The van der Waals surface area contributed by atoms with Crippen molar-refractivity contribution >= 4 is 10.8 Å². The predicted molar refractivity (Wildman–Crippen MR) is 82.3 cm³/mol. The standard InChI is InChI=1S/C16H18FNO2S/c1-18-10-12-7-8-15(20-2)13(9-12)11-21(19)16-6-4-3-5-14(16)17/h3-9,18H,10-11H2,1-2H3. The van der Waals surface area contributed by atoms with Gasteiger partial charge < -0.3 is 10.1 Å². The maximum atomic E-state index is 13.7. The normalized spacial score (nSPS) is 12.1. The first-order valence-corrected chi connectivity index (χ1v) is 7.91. The zero-order valence-corrected chi connectivity index (χ0v) is 12.9. The molecule has 2 aromatic carbocycles. The third-order valence-electron chi connectivity index (χ3n) is 3.09. The molecule has 0 fully saturated rings. The second-order valence-corrected chi connectivity index (χ2v) is 6.02. The zero-order chi connectivity index (χ0) is 15.2. The molecule has 0 aromatic heterocycles. The molecule has 5 heteroatoms. The first-order valence-electron chi connectivity index (χ1n) is 6.59. The minimum Gasteiger partial charge on any atom is -0.496 e. The Hall–Kier alpha value is -1.72. The Balaban J connectivity index is 2.27. The lowest BCUT2D eigenvalue weighted by Gasteiger charge is -2.11. The zero-order valence-electron chi connectivity index (χ0n) is 12.1. The van der Waals surface area contributed by atoms with Crippen molar-refractivity contribution in [3.8, 4) is 5.75 Å². The SMILES string of the molecule is CNCc1ccc(OC)c(CS(=O)c2ccccc2F)c1. The van der Waals surface area contributed by atoms with E-state index >= 15 is 0 Å². The topological polar surface area (TPSA) is 38.3 Å². The molecule has 0 aliphatic carbocycles. The molecule has 0 heterocycles. The molecule has 1 atom stereocenters. The Kier molecular flexibility index (Phi) is 5.47. The first-order chi connectivity index (χ1) is 10.2. The van der Waals surface area contributed by atoms with Gasteiger partial charge in [-0.1, -0.05) is 18.2 Å². The van der Waals surface area contributed by atoms with E-state index in [1.165, 1.54) is 6.07 Å². The monoisotopic (exact) mass is 307 g/mol. The van der Waals surface area contributed by atoms with Gasteiger partial charge in [-0.25, -0.2) is 4.39 Å². The predicted octanol–water partition coefficient (Wildman–Crippen LogP) is 2.86. The Morgan fingerprint density at radius 1 is 1.24 bits per heavy atom. The number of methoxy groups -OCH3 is 1. The van der Waals surface area contributed by atoms with Gasteiger partial charge in [0.2, 0.25) is 0 Å². The molecule has 1 unspecified atom stereocenters. The summed E-state index contributed by atoms with van der Waals surface area (Å²) in [4.78, 5) is 0.221. The van der Waals surface area contributed by atoms with Gasteiger partial charge in [-0.3, -0.25) is 4.21 Å². The molecule has 1 N–H and O–H groups in total.